The van der Waals surface area contributed by atoms with Crippen LogP contribution in [0, 0.1) is 0 Å². The van der Waals surface area contributed by atoms with E-state index in [9.17, 15) is 4.79 Å². The molecule has 0 aromatic carbocycles. The number of methoxy groups -OCH3 is 2. The van der Waals surface area contributed by atoms with Crippen LogP contribution in [-0.4, -0.2) is 43.9 Å². The Morgan fingerprint density at radius 3 is 2.82 bits per heavy atom. The van der Waals surface area contributed by atoms with Gasteiger partial charge in [-0.1, -0.05) is 0 Å². The molecule has 0 aliphatic carbocycles. The fraction of sp³-hybridized carbons (Fsp3) is 0.636. The number of hydrogen-bond acceptors (Lipinski definition) is 5. The van der Waals surface area contributed by atoms with Crippen LogP contribution in [0.2, 0.25) is 0 Å². The van der Waals surface area contributed by atoms with Crippen LogP contribution in [0.25, 0.3) is 0 Å². The van der Waals surface area contributed by atoms with Crippen molar-refractivity contribution in [2.24, 2.45) is 0 Å². The van der Waals surface area contributed by atoms with Gasteiger partial charge in [-0.15, -0.1) is 0 Å². The van der Waals surface area contributed by atoms with Crippen molar-refractivity contribution in [1.29, 1.82) is 0 Å². The van der Waals surface area contributed by atoms with Crippen LogP contribution in [0.15, 0.2) is 10.9 Å². The lowest BCUT2D eigenvalue weighted by Crippen LogP contribution is -2.22. The predicted octanol–water partition coefficient (Wildman–Crippen LogP) is -0.305. The standard InChI is InChI=1S/C11H19N3O3/c1-16-5-3-10-13-9(7-11(15)14-10)8-12-4-6-17-2/h7,12H,3-6,8H2,1-2H3,(H,13,14,15). The molecular weight excluding hydrogens is 222 g/mol. The van der Waals surface area contributed by atoms with Gasteiger partial charge in [0.15, 0.2) is 0 Å². The SMILES string of the molecule is COCCNCc1cc(=O)[nH]c(CCOC)n1. The largest absolute Gasteiger partial charge is 0.384 e. The van der Waals surface area contributed by atoms with Crippen LogP contribution in [0.1, 0.15) is 11.5 Å². The molecule has 0 atom stereocenters. The van der Waals surface area contributed by atoms with Crippen LogP contribution in [0.3, 0.4) is 0 Å². The predicted molar refractivity (Wildman–Crippen MR) is 64.0 cm³/mol. The summed E-state index contributed by atoms with van der Waals surface area (Å²) in [5, 5.41) is 3.14. The first kappa shape index (κ1) is 13.8. The maximum atomic E-state index is 11.4. The van der Waals surface area contributed by atoms with Crippen LogP contribution < -0.4 is 10.9 Å². The summed E-state index contributed by atoms with van der Waals surface area (Å²) >= 11 is 0. The summed E-state index contributed by atoms with van der Waals surface area (Å²) in [4.78, 5) is 18.4. The number of aromatic amines is 1. The van der Waals surface area contributed by atoms with Gasteiger partial charge in [0.2, 0.25) is 0 Å². The van der Waals surface area contributed by atoms with E-state index < -0.39 is 0 Å². The summed E-state index contributed by atoms with van der Waals surface area (Å²) in [6, 6.07) is 1.50. The Labute approximate surface area is 100 Å². The zero-order valence-electron chi connectivity index (χ0n) is 10.3. The van der Waals surface area contributed by atoms with Gasteiger partial charge in [-0.05, 0) is 0 Å². The molecule has 0 bridgehead atoms. The van der Waals surface area contributed by atoms with Crippen molar-refractivity contribution in [1.82, 2.24) is 15.3 Å². The molecule has 0 fully saturated rings. The highest BCUT2D eigenvalue weighted by molar-refractivity contribution is 5.02. The summed E-state index contributed by atoms with van der Waals surface area (Å²) in [6.07, 6.45) is 0.609. The maximum absolute atomic E-state index is 11.4. The highest BCUT2D eigenvalue weighted by atomic mass is 16.5. The number of nitrogens with zero attached hydrogens (tertiary/aromatic N) is 1. The molecule has 0 aliphatic rings. The summed E-state index contributed by atoms with van der Waals surface area (Å²) in [5.41, 5.74) is 0.602. The molecule has 0 radical (unpaired) electrons. The van der Waals surface area contributed by atoms with E-state index >= 15 is 0 Å². The van der Waals surface area contributed by atoms with E-state index in [2.05, 4.69) is 15.3 Å². The monoisotopic (exact) mass is 241 g/mol. The van der Waals surface area contributed by atoms with Crippen molar-refractivity contribution in [2.75, 3.05) is 34.0 Å². The second-order valence-corrected chi connectivity index (χ2v) is 3.60. The first-order valence-electron chi connectivity index (χ1n) is 5.54. The van der Waals surface area contributed by atoms with Crippen molar-refractivity contribution >= 4 is 0 Å². The van der Waals surface area contributed by atoms with Crippen molar-refractivity contribution in [3.8, 4) is 0 Å². The van der Waals surface area contributed by atoms with Gasteiger partial charge < -0.3 is 19.8 Å². The number of H-pyrrole nitrogens is 1. The van der Waals surface area contributed by atoms with Crippen LogP contribution in [-0.2, 0) is 22.4 Å². The highest BCUT2D eigenvalue weighted by Crippen LogP contribution is 1.93. The molecule has 6 heteroatoms. The Morgan fingerprint density at radius 1 is 1.35 bits per heavy atom. The molecule has 0 aliphatic heterocycles. The van der Waals surface area contributed by atoms with Crippen molar-refractivity contribution in [3.63, 3.8) is 0 Å². The topological polar surface area (TPSA) is 76.2 Å². The Hall–Kier alpha value is -1.24. The van der Waals surface area contributed by atoms with Gasteiger partial charge >= 0.3 is 0 Å². The normalized spacial score (nSPS) is 10.7. The second kappa shape index (κ2) is 7.94. The fourth-order valence-electron chi connectivity index (χ4n) is 1.36. The molecule has 1 aromatic heterocycles. The molecule has 17 heavy (non-hydrogen) atoms. The molecular formula is C11H19N3O3. The summed E-state index contributed by atoms with van der Waals surface area (Å²) < 4.78 is 9.86. The molecule has 6 nitrogen and oxygen atoms in total. The van der Waals surface area contributed by atoms with Crippen LogP contribution in [0.5, 0.6) is 0 Å². The van der Waals surface area contributed by atoms with Gasteiger partial charge in [0.1, 0.15) is 5.82 Å². The van der Waals surface area contributed by atoms with Gasteiger partial charge in [0, 0.05) is 39.8 Å². The van der Waals surface area contributed by atoms with E-state index in [0.29, 0.717) is 32.0 Å². The van der Waals surface area contributed by atoms with Gasteiger partial charge in [-0.2, -0.15) is 0 Å². The molecule has 0 saturated heterocycles. The maximum Gasteiger partial charge on any atom is 0.251 e. The van der Waals surface area contributed by atoms with E-state index in [1.165, 1.54) is 6.07 Å². The molecule has 96 valence electrons. The molecule has 0 saturated carbocycles. The quantitative estimate of drug-likeness (QED) is 0.611. The molecule has 0 unspecified atom stereocenters. The van der Waals surface area contributed by atoms with Gasteiger partial charge in [0.05, 0.1) is 18.9 Å². The smallest absolute Gasteiger partial charge is 0.251 e. The lowest BCUT2D eigenvalue weighted by atomic mass is 10.3. The van der Waals surface area contributed by atoms with Crippen LogP contribution in [0.4, 0.5) is 0 Å². The van der Waals surface area contributed by atoms with Gasteiger partial charge in [-0.25, -0.2) is 4.98 Å². The minimum atomic E-state index is -0.130. The third-order valence-corrected chi connectivity index (χ3v) is 2.18. The minimum absolute atomic E-state index is 0.130. The molecule has 1 aromatic rings. The third kappa shape index (κ3) is 5.58. The number of ether oxygens (including phenoxy) is 2. The molecule has 2 N–H and O–H groups in total. The van der Waals surface area contributed by atoms with Crippen molar-refractivity contribution < 1.29 is 9.47 Å². The number of rotatable bonds is 8. The summed E-state index contributed by atoms with van der Waals surface area (Å²) in [6.45, 7) is 2.48. The van der Waals surface area contributed by atoms with E-state index in [1.807, 2.05) is 0 Å². The van der Waals surface area contributed by atoms with Crippen molar-refractivity contribution in [3.05, 3.63) is 27.9 Å². The average molecular weight is 241 g/mol. The number of hydrogen-bond donors (Lipinski definition) is 2. The zero-order valence-corrected chi connectivity index (χ0v) is 10.3. The van der Waals surface area contributed by atoms with Crippen molar-refractivity contribution in [2.45, 2.75) is 13.0 Å². The lowest BCUT2D eigenvalue weighted by molar-refractivity contribution is 0.198. The van der Waals surface area contributed by atoms with Gasteiger partial charge in [-0.3, -0.25) is 4.79 Å². The van der Waals surface area contributed by atoms with E-state index in [4.69, 9.17) is 9.47 Å². The zero-order chi connectivity index (χ0) is 12.5. The molecule has 1 heterocycles. The van der Waals surface area contributed by atoms with E-state index in [1.54, 1.807) is 14.2 Å². The number of nitrogens with one attached hydrogen (secondary N) is 2. The molecule has 1 rings (SSSR count). The highest BCUT2D eigenvalue weighted by Gasteiger charge is 2.01. The Kier molecular flexibility index (Phi) is 6.46. The molecule has 0 amide bonds. The second-order valence-electron chi connectivity index (χ2n) is 3.60. The minimum Gasteiger partial charge on any atom is -0.384 e. The first-order valence-corrected chi connectivity index (χ1v) is 5.54. The number of aromatic nitrogens is 2. The van der Waals surface area contributed by atoms with Gasteiger partial charge in [0.25, 0.3) is 5.56 Å². The lowest BCUT2D eigenvalue weighted by Gasteiger charge is -2.05. The van der Waals surface area contributed by atoms with Crippen LogP contribution >= 0.6 is 0 Å². The fourth-order valence-corrected chi connectivity index (χ4v) is 1.36. The Balaban J connectivity index is 2.53. The average Bonchev–Trinajstić information content (AvgIpc) is 2.31. The summed E-state index contributed by atoms with van der Waals surface area (Å²) in [7, 11) is 3.27. The van der Waals surface area contributed by atoms with E-state index in [0.717, 1.165) is 12.2 Å². The third-order valence-electron chi connectivity index (χ3n) is 2.18. The van der Waals surface area contributed by atoms with E-state index in [-0.39, 0.29) is 5.56 Å². The Bertz CT molecular complexity index is 378. The first-order chi connectivity index (χ1) is 8.26. The summed E-state index contributed by atoms with van der Waals surface area (Å²) in [5.74, 6) is 0.655. The Morgan fingerprint density at radius 2 is 2.12 bits per heavy atom. The molecule has 0 spiro atoms.